The van der Waals surface area contributed by atoms with E-state index in [0.717, 1.165) is 35.3 Å². The van der Waals surface area contributed by atoms with Crippen LogP contribution in [0.4, 0.5) is 14.5 Å². The average Bonchev–Trinajstić information content (AvgIpc) is 3.25. The molecule has 4 aromatic rings. The molecule has 0 atom stereocenters. The van der Waals surface area contributed by atoms with Crippen LogP contribution in [0.3, 0.4) is 0 Å². The molecule has 0 spiro atoms. The van der Waals surface area contributed by atoms with Crippen LogP contribution in [0.1, 0.15) is 21.5 Å². The number of fused-ring (bicyclic) bond motifs is 1. The zero-order chi connectivity index (χ0) is 25.2. The molecule has 1 saturated heterocycles. The number of carbonyl (C=O) groups is 1. The first-order valence-corrected chi connectivity index (χ1v) is 12.5. The summed E-state index contributed by atoms with van der Waals surface area (Å²) >= 11 is 1.38. The zero-order valence-electron chi connectivity index (χ0n) is 19.7. The molecule has 0 unspecified atom stereocenters. The number of halogens is 2. The lowest BCUT2D eigenvalue weighted by Gasteiger charge is -2.37. The molecule has 2 heterocycles. The summed E-state index contributed by atoms with van der Waals surface area (Å²) in [4.78, 5) is 27.6. The number of aryl methyl sites for hydroxylation is 1. The van der Waals surface area contributed by atoms with Crippen molar-refractivity contribution in [2.24, 2.45) is 11.1 Å². The number of ketones is 1. The summed E-state index contributed by atoms with van der Waals surface area (Å²) in [7, 11) is 0. The van der Waals surface area contributed by atoms with E-state index in [9.17, 15) is 18.5 Å². The number of ether oxygens (including phenoxy) is 1. The molecule has 0 bridgehead atoms. The highest BCUT2D eigenvalue weighted by atomic mass is 32.1. The highest BCUT2D eigenvalue weighted by Crippen LogP contribution is 2.41. The molecule has 1 aliphatic heterocycles. The van der Waals surface area contributed by atoms with Gasteiger partial charge in [-0.25, -0.2) is 4.39 Å². The summed E-state index contributed by atoms with van der Waals surface area (Å²) in [5.41, 5.74) is 2.50. The monoisotopic (exact) mass is 506 g/mol. The number of nitrogens with zero attached hydrogens (tertiary/aromatic N) is 2. The molecule has 3 aromatic carbocycles. The normalized spacial score (nSPS) is 14.1. The summed E-state index contributed by atoms with van der Waals surface area (Å²) in [6, 6.07) is 16.7. The predicted molar refractivity (Wildman–Crippen MR) is 139 cm³/mol. The Morgan fingerprint density at radius 3 is 2.58 bits per heavy atom. The third-order valence-corrected chi connectivity index (χ3v) is 7.67. The van der Waals surface area contributed by atoms with Crippen LogP contribution in [-0.2, 0) is 0 Å². The molecule has 0 N–H and O–H groups in total. The summed E-state index contributed by atoms with van der Waals surface area (Å²) in [6.07, 6.45) is 0. The Balaban J connectivity index is 1.41. The van der Waals surface area contributed by atoms with Crippen molar-refractivity contribution in [3.05, 3.63) is 88.1 Å². The Bertz CT molecular complexity index is 1430. The molecular formula is C28H24F2N2O3S. The molecule has 8 heteroatoms. The SMILES string of the molecule is Cc1cc(-c2sc3cc(N=O)ccc3c2C(=O)c2ccc(OCCN3CC(CF)C3)cc2)ccc1F. The van der Waals surface area contributed by atoms with Crippen LogP contribution in [0.2, 0.25) is 0 Å². The number of likely N-dealkylation sites (tertiary alicyclic amines) is 1. The van der Waals surface area contributed by atoms with Crippen LogP contribution in [0.5, 0.6) is 5.75 Å². The van der Waals surface area contributed by atoms with Crippen molar-refractivity contribution >= 4 is 32.9 Å². The summed E-state index contributed by atoms with van der Waals surface area (Å²) in [5.74, 6) is 0.315. The van der Waals surface area contributed by atoms with Gasteiger partial charge < -0.3 is 4.74 Å². The highest BCUT2D eigenvalue weighted by Gasteiger charge is 2.26. The first-order valence-electron chi connectivity index (χ1n) is 11.7. The minimum atomic E-state index is -0.313. The van der Waals surface area contributed by atoms with E-state index in [4.69, 9.17) is 4.74 Å². The second-order valence-corrected chi connectivity index (χ2v) is 10.1. The van der Waals surface area contributed by atoms with E-state index in [-0.39, 0.29) is 29.9 Å². The van der Waals surface area contributed by atoms with E-state index in [1.54, 1.807) is 61.5 Å². The van der Waals surface area contributed by atoms with Gasteiger partial charge in [-0.15, -0.1) is 16.2 Å². The standard InChI is InChI=1S/C28H24F2N2O3S/c1-17-12-20(4-9-24(17)30)28-26(23-8-5-21(31-34)13-25(23)36-28)27(33)19-2-6-22(7-3-19)35-11-10-32-15-18(14-29)16-32/h2-9,12-13,18H,10-11,14-16H2,1H3. The lowest BCUT2D eigenvalue weighted by atomic mass is 9.97. The maximum atomic E-state index is 13.9. The Kier molecular flexibility index (Phi) is 6.89. The average molecular weight is 507 g/mol. The molecule has 0 radical (unpaired) electrons. The van der Waals surface area contributed by atoms with E-state index in [1.807, 2.05) is 0 Å². The first kappa shape index (κ1) is 24.2. The van der Waals surface area contributed by atoms with E-state index in [1.165, 1.54) is 17.4 Å². The van der Waals surface area contributed by atoms with Crippen molar-refractivity contribution < 1.29 is 18.3 Å². The van der Waals surface area contributed by atoms with Gasteiger partial charge in [0.05, 0.1) is 6.67 Å². The number of rotatable bonds is 9. The minimum absolute atomic E-state index is 0.147. The summed E-state index contributed by atoms with van der Waals surface area (Å²) < 4.78 is 33.0. The molecule has 0 saturated carbocycles. The number of nitroso groups, excluding NO2 is 1. The summed E-state index contributed by atoms with van der Waals surface area (Å²) in [6.45, 7) is 4.16. The second-order valence-electron chi connectivity index (χ2n) is 9.02. The second kappa shape index (κ2) is 10.2. The molecule has 1 aliphatic rings. The highest BCUT2D eigenvalue weighted by molar-refractivity contribution is 7.22. The van der Waals surface area contributed by atoms with Crippen LogP contribution < -0.4 is 4.74 Å². The molecule has 5 nitrogen and oxygen atoms in total. The Morgan fingerprint density at radius 2 is 1.89 bits per heavy atom. The van der Waals surface area contributed by atoms with Gasteiger partial charge in [0.25, 0.3) is 0 Å². The van der Waals surface area contributed by atoms with E-state index in [0.29, 0.717) is 33.9 Å². The maximum Gasteiger partial charge on any atom is 0.195 e. The van der Waals surface area contributed by atoms with Gasteiger partial charge in [0.1, 0.15) is 23.9 Å². The Hall–Kier alpha value is -3.49. The molecule has 0 aliphatic carbocycles. The molecule has 1 aromatic heterocycles. The molecule has 5 rings (SSSR count). The van der Waals surface area contributed by atoms with E-state index >= 15 is 0 Å². The van der Waals surface area contributed by atoms with Crippen LogP contribution in [-0.4, -0.2) is 43.6 Å². The lowest BCUT2D eigenvalue weighted by molar-refractivity contribution is 0.0668. The van der Waals surface area contributed by atoms with Crippen LogP contribution in [0.15, 0.2) is 65.8 Å². The van der Waals surface area contributed by atoms with Gasteiger partial charge in [-0.2, -0.15) is 0 Å². The van der Waals surface area contributed by atoms with Crippen molar-refractivity contribution in [3.8, 4) is 16.2 Å². The largest absolute Gasteiger partial charge is 0.492 e. The molecule has 0 amide bonds. The quantitative estimate of drug-likeness (QED) is 0.183. The number of carbonyl (C=O) groups excluding carboxylic acids is 1. The number of alkyl halides is 1. The topological polar surface area (TPSA) is 59.0 Å². The van der Waals surface area contributed by atoms with Crippen LogP contribution in [0.25, 0.3) is 20.5 Å². The number of hydrogen-bond donors (Lipinski definition) is 0. The Morgan fingerprint density at radius 1 is 1.11 bits per heavy atom. The van der Waals surface area contributed by atoms with Gasteiger partial charge in [-0.3, -0.25) is 14.1 Å². The van der Waals surface area contributed by atoms with Gasteiger partial charge in [-0.1, -0.05) is 12.1 Å². The van der Waals surface area contributed by atoms with Crippen molar-refractivity contribution in [1.82, 2.24) is 4.90 Å². The Labute approximate surface area is 211 Å². The first-order chi connectivity index (χ1) is 17.5. The number of hydrogen-bond acceptors (Lipinski definition) is 6. The minimum Gasteiger partial charge on any atom is -0.492 e. The fraction of sp³-hybridized carbons (Fsp3) is 0.250. The number of thiophene rings is 1. The zero-order valence-corrected chi connectivity index (χ0v) is 20.5. The van der Waals surface area contributed by atoms with E-state index < -0.39 is 0 Å². The van der Waals surface area contributed by atoms with E-state index in [2.05, 4.69) is 10.1 Å². The van der Waals surface area contributed by atoms with Gasteiger partial charge >= 0.3 is 0 Å². The fourth-order valence-corrected chi connectivity index (χ4v) is 5.68. The maximum absolute atomic E-state index is 13.9. The van der Waals surface area contributed by atoms with Gasteiger partial charge in [-0.05, 0) is 71.8 Å². The predicted octanol–water partition coefficient (Wildman–Crippen LogP) is 6.92. The molecule has 184 valence electrons. The molecule has 1 fully saturated rings. The van der Waals surface area contributed by atoms with Crippen molar-refractivity contribution in [1.29, 1.82) is 0 Å². The van der Waals surface area contributed by atoms with Crippen molar-refractivity contribution in [2.75, 3.05) is 32.9 Å². The number of benzene rings is 3. The lowest BCUT2D eigenvalue weighted by Crippen LogP contribution is -2.49. The molecular weight excluding hydrogens is 482 g/mol. The third-order valence-electron chi connectivity index (χ3n) is 6.47. The van der Waals surface area contributed by atoms with Gasteiger partial charge in [0.2, 0.25) is 0 Å². The summed E-state index contributed by atoms with van der Waals surface area (Å²) in [5, 5.41) is 3.73. The smallest absolute Gasteiger partial charge is 0.195 e. The fourth-order valence-electron chi connectivity index (χ4n) is 4.45. The van der Waals surface area contributed by atoms with Crippen molar-refractivity contribution in [3.63, 3.8) is 0 Å². The van der Waals surface area contributed by atoms with Crippen LogP contribution >= 0.6 is 11.3 Å². The third kappa shape index (κ3) is 4.79. The van der Waals surface area contributed by atoms with Crippen molar-refractivity contribution in [2.45, 2.75) is 6.92 Å². The van der Waals surface area contributed by atoms with Gasteiger partial charge in [0.15, 0.2) is 5.78 Å². The molecule has 36 heavy (non-hydrogen) atoms. The van der Waals surface area contributed by atoms with Gasteiger partial charge in [0, 0.05) is 51.6 Å². The van der Waals surface area contributed by atoms with Crippen LogP contribution in [0, 0.1) is 23.6 Å².